The summed E-state index contributed by atoms with van der Waals surface area (Å²) in [6, 6.07) is 14.6. The molecule has 11 heteroatoms. The molecule has 1 aliphatic heterocycles. The van der Waals surface area contributed by atoms with Crippen LogP contribution in [0, 0.1) is 11.3 Å². The second-order valence-electron chi connectivity index (χ2n) is 10.4. The minimum absolute atomic E-state index is 0.380. The molecule has 0 atom stereocenters. The standard InChI is InChI=1S/C30H31BrN7O2P/c1-39-27-15-26(38-10-12-40-13-11-38)19(16-32)14-25(27)36-30-33-17-21(31)29(37-30)35-24-9-8-23-20(28(24)41(2)3)6-7-22(34-23)18-4-5-18/h6-9,14-15,17-18H,4-5,10-13H2,1-3H3,(H2,33,35,36,37). The van der Waals surface area contributed by atoms with Gasteiger partial charge in [-0.2, -0.15) is 10.2 Å². The molecule has 2 fully saturated rings. The second kappa shape index (κ2) is 11.8. The summed E-state index contributed by atoms with van der Waals surface area (Å²) < 4.78 is 11.9. The van der Waals surface area contributed by atoms with Gasteiger partial charge in [0, 0.05) is 53.3 Å². The van der Waals surface area contributed by atoms with Gasteiger partial charge in [-0.1, -0.05) is 14.0 Å². The second-order valence-corrected chi connectivity index (χ2v) is 13.4. The van der Waals surface area contributed by atoms with E-state index in [1.807, 2.05) is 6.07 Å². The van der Waals surface area contributed by atoms with Crippen molar-refractivity contribution >= 4 is 68.9 Å². The average Bonchev–Trinajstić information content (AvgIpc) is 3.84. The number of benzene rings is 2. The zero-order valence-corrected chi connectivity index (χ0v) is 25.7. The highest BCUT2D eigenvalue weighted by Gasteiger charge is 2.25. The Bertz CT molecular complexity index is 1650. The molecule has 2 aromatic heterocycles. The van der Waals surface area contributed by atoms with Crippen LogP contribution in [0.15, 0.2) is 47.1 Å². The van der Waals surface area contributed by atoms with Crippen molar-refractivity contribution in [3.8, 4) is 11.8 Å². The molecule has 1 saturated carbocycles. The topological polar surface area (TPSA) is 108 Å². The van der Waals surface area contributed by atoms with Crippen LogP contribution in [0.4, 0.5) is 28.8 Å². The van der Waals surface area contributed by atoms with E-state index in [2.05, 4.69) is 80.1 Å². The predicted molar refractivity (Wildman–Crippen MR) is 169 cm³/mol. The molecule has 2 aromatic carbocycles. The fourth-order valence-corrected chi connectivity index (χ4v) is 6.72. The number of rotatable bonds is 8. The maximum absolute atomic E-state index is 9.91. The van der Waals surface area contributed by atoms with Crippen LogP contribution in [0.2, 0.25) is 0 Å². The number of nitrogens with one attached hydrogen (secondary N) is 2. The van der Waals surface area contributed by atoms with Crippen LogP contribution in [-0.2, 0) is 4.74 Å². The Morgan fingerprint density at radius 3 is 2.59 bits per heavy atom. The maximum atomic E-state index is 9.91. The summed E-state index contributed by atoms with van der Waals surface area (Å²) in [4.78, 5) is 16.4. The van der Waals surface area contributed by atoms with Gasteiger partial charge < -0.3 is 25.0 Å². The van der Waals surface area contributed by atoms with Crippen molar-refractivity contribution in [3.05, 3.63) is 58.3 Å². The summed E-state index contributed by atoms with van der Waals surface area (Å²) in [5, 5.41) is 19.1. The third kappa shape index (κ3) is 5.80. The number of hydrogen-bond acceptors (Lipinski definition) is 9. The van der Waals surface area contributed by atoms with E-state index in [4.69, 9.17) is 19.4 Å². The smallest absolute Gasteiger partial charge is 0.229 e. The van der Waals surface area contributed by atoms with Gasteiger partial charge in [-0.15, -0.1) is 0 Å². The van der Waals surface area contributed by atoms with Gasteiger partial charge >= 0.3 is 0 Å². The Kier molecular flexibility index (Phi) is 7.94. The first-order valence-corrected chi connectivity index (χ1v) is 16.6. The number of nitriles is 1. The Balaban J connectivity index is 1.31. The third-order valence-corrected chi connectivity index (χ3v) is 9.30. The lowest BCUT2D eigenvalue weighted by Gasteiger charge is -2.30. The Labute approximate surface area is 249 Å². The van der Waals surface area contributed by atoms with E-state index in [9.17, 15) is 5.26 Å². The van der Waals surface area contributed by atoms with Crippen LogP contribution >= 0.6 is 23.9 Å². The monoisotopic (exact) mass is 631 g/mol. The molecule has 0 radical (unpaired) electrons. The fourth-order valence-electron chi connectivity index (χ4n) is 5.15. The van der Waals surface area contributed by atoms with Crippen LogP contribution in [0.25, 0.3) is 10.9 Å². The van der Waals surface area contributed by atoms with E-state index in [0.717, 1.165) is 34.5 Å². The SMILES string of the molecule is COc1cc(N2CCOCC2)c(C#N)cc1Nc1ncc(Br)c(Nc2ccc3nc(C4CC4)ccc3c2P(C)C)n1. The molecule has 1 aliphatic carbocycles. The highest BCUT2D eigenvalue weighted by molar-refractivity contribution is 9.10. The number of morpholine rings is 1. The van der Waals surface area contributed by atoms with Crippen molar-refractivity contribution in [2.45, 2.75) is 18.8 Å². The van der Waals surface area contributed by atoms with Crippen molar-refractivity contribution in [3.63, 3.8) is 0 Å². The largest absolute Gasteiger partial charge is 0.494 e. The molecule has 6 rings (SSSR count). The number of hydrogen-bond donors (Lipinski definition) is 2. The fraction of sp³-hybridized carbons (Fsp3) is 0.333. The van der Waals surface area contributed by atoms with Gasteiger partial charge in [0.1, 0.15) is 17.6 Å². The Morgan fingerprint density at radius 1 is 1.07 bits per heavy atom. The van der Waals surface area contributed by atoms with Crippen LogP contribution in [0.1, 0.15) is 30.0 Å². The van der Waals surface area contributed by atoms with E-state index in [-0.39, 0.29) is 0 Å². The summed E-state index contributed by atoms with van der Waals surface area (Å²) in [5.41, 5.74) is 5.22. The van der Waals surface area contributed by atoms with E-state index < -0.39 is 7.92 Å². The Morgan fingerprint density at radius 2 is 1.88 bits per heavy atom. The van der Waals surface area contributed by atoms with Gasteiger partial charge in [0.2, 0.25) is 5.95 Å². The van der Waals surface area contributed by atoms with Crippen molar-refractivity contribution < 1.29 is 9.47 Å². The predicted octanol–water partition coefficient (Wildman–Crippen LogP) is 6.24. The number of fused-ring (bicyclic) bond motifs is 1. The van der Waals surface area contributed by atoms with E-state index in [1.54, 1.807) is 19.4 Å². The number of methoxy groups -OCH3 is 1. The molecular weight excluding hydrogens is 601 g/mol. The molecule has 4 aromatic rings. The summed E-state index contributed by atoms with van der Waals surface area (Å²) in [7, 11) is 1.18. The normalized spacial score (nSPS) is 15.2. The number of anilines is 5. The maximum Gasteiger partial charge on any atom is 0.229 e. The number of halogens is 1. The first-order chi connectivity index (χ1) is 19.9. The number of nitrogens with zero attached hydrogens (tertiary/aromatic N) is 5. The van der Waals surface area contributed by atoms with Crippen LogP contribution in [0.3, 0.4) is 0 Å². The molecule has 0 spiro atoms. The first kappa shape index (κ1) is 27.6. The van der Waals surface area contributed by atoms with Gasteiger partial charge in [0.05, 0.1) is 47.3 Å². The molecule has 9 nitrogen and oxygen atoms in total. The lowest BCUT2D eigenvalue weighted by atomic mass is 10.1. The zero-order valence-electron chi connectivity index (χ0n) is 23.2. The molecule has 3 heterocycles. The van der Waals surface area contributed by atoms with E-state index in [0.29, 0.717) is 47.9 Å². The van der Waals surface area contributed by atoms with Crippen molar-refractivity contribution in [2.75, 3.05) is 62.3 Å². The van der Waals surface area contributed by atoms with Crippen molar-refractivity contribution in [2.24, 2.45) is 0 Å². The average molecular weight is 633 g/mol. The molecular formula is C30H31BrN7O2P. The number of aromatic nitrogens is 3. The van der Waals surface area contributed by atoms with Gasteiger partial charge in [-0.05, 0) is 66.4 Å². The zero-order chi connectivity index (χ0) is 28.5. The number of ether oxygens (including phenoxy) is 2. The molecule has 210 valence electrons. The van der Waals surface area contributed by atoms with Crippen molar-refractivity contribution in [1.29, 1.82) is 5.26 Å². The van der Waals surface area contributed by atoms with Crippen LogP contribution < -0.4 is 25.6 Å². The molecule has 2 N–H and O–H groups in total. The van der Waals surface area contributed by atoms with E-state index >= 15 is 0 Å². The van der Waals surface area contributed by atoms with Crippen molar-refractivity contribution in [1.82, 2.24) is 15.0 Å². The van der Waals surface area contributed by atoms with Gasteiger partial charge in [0.15, 0.2) is 0 Å². The molecule has 1 saturated heterocycles. The number of pyridine rings is 1. The van der Waals surface area contributed by atoms with Crippen LogP contribution in [0.5, 0.6) is 5.75 Å². The molecule has 0 bridgehead atoms. The lowest BCUT2D eigenvalue weighted by Crippen LogP contribution is -2.36. The summed E-state index contributed by atoms with van der Waals surface area (Å²) in [5.74, 6) is 2.23. The third-order valence-electron chi connectivity index (χ3n) is 7.34. The van der Waals surface area contributed by atoms with Gasteiger partial charge in [-0.25, -0.2) is 4.98 Å². The van der Waals surface area contributed by atoms with Crippen LogP contribution in [-0.4, -0.2) is 61.7 Å². The quantitative estimate of drug-likeness (QED) is 0.219. The highest BCUT2D eigenvalue weighted by Crippen LogP contribution is 2.41. The van der Waals surface area contributed by atoms with Gasteiger partial charge in [-0.3, -0.25) is 4.98 Å². The summed E-state index contributed by atoms with van der Waals surface area (Å²) in [6.07, 6.45) is 4.18. The summed E-state index contributed by atoms with van der Waals surface area (Å²) >= 11 is 3.62. The summed E-state index contributed by atoms with van der Waals surface area (Å²) in [6.45, 7) is 7.22. The molecule has 2 aliphatic rings. The minimum atomic E-state index is -0.436. The van der Waals surface area contributed by atoms with Gasteiger partial charge in [0.25, 0.3) is 0 Å². The highest BCUT2D eigenvalue weighted by atomic mass is 79.9. The minimum Gasteiger partial charge on any atom is -0.494 e. The first-order valence-electron chi connectivity index (χ1n) is 13.6. The molecule has 0 amide bonds. The lowest BCUT2D eigenvalue weighted by molar-refractivity contribution is 0.122. The Hall–Kier alpha value is -3.51. The van der Waals surface area contributed by atoms with E-state index in [1.165, 1.54) is 29.2 Å². The molecule has 0 unspecified atom stereocenters. The molecule has 41 heavy (non-hydrogen) atoms.